The molecule has 0 bridgehead atoms. The largest absolute Gasteiger partial charge is 0.371 e. The number of rotatable bonds is 3. The van der Waals surface area contributed by atoms with Gasteiger partial charge in [-0.05, 0) is 36.1 Å². The highest BCUT2D eigenvalue weighted by Crippen LogP contribution is 2.32. The Morgan fingerprint density at radius 1 is 1.00 bits per heavy atom. The van der Waals surface area contributed by atoms with E-state index in [0.29, 0.717) is 0 Å². The number of hydrogen-bond acceptors (Lipinski definition) is 2. The van der Waals surface area contributed by atoms with Crippen LogP contribution in [0.3, 0.4) is 0 Å². The molecular weight excluding hydrogens is 287 g/mol. The first-order valence-electron chi connectivity index (χ1n) is 7.10. The summed E-state index contributed by atoms with van der Waals surface area (Å²) in [5.74, 6) is -0.198. The van der Waals surface area contributed by atoms with Crippen LogP contribution in [0, 0.1) is 5.82 Å². The molecule has 1 aliphatic heterocycles. The van der Waals surface area contributed by atoms with E-state index >= 15 is 0 Å². The lowest BCUT2D eigenvalue weighted by Crippen LogP contribution is -2.22. The van der Waals surface area contributed by atoms with E-state index in [-0.39, 0.29) is 24.3 Å². The zero-order valence-corrected chi connectivity index (χ0v) is 12.7. The molecular formula is C17H20ClFN2. The molecule has 2 N–H and O–H groups in total. The van der Waals surface area contributed by atoms with E-state index in [1.807, 2.05) is 36.4 Å². The Bertz CT molecular complexity index is 583. The highest BCUT2D eigenvalue weighted by Gasteiger charge is 2.20. The summed E-state index contributed by atoms with van der Waals surface area (Å²) >= 11 is 0. The van der Waals surface area contributed by atoms with Crippen LogP contribution in [0.1, 0.15) is 30.0 Å². The Labute approximate surface area is 131 Å². The fourth-order valence-corrected chi connectivity index (χ4v) is 2.85. The zero-order valence-electron chi connectivity index (χ0n) is 11.8. The second kappa shape index (κ2) is 6.92. The van der Waals surface area contributed by atoms with Gasteiger partial charge in [-0.2, -0.15) is 0 Å². The molecule has 3 rings (SSSR count). The molecule has 2 aromatic carbocycles. The van der Waals surface area contributed by atoms with Gasteiger partial charge >= 0.3 is 0 Å². The van der Waals surface area contributed by atoms with Gasteiger partial charge in [0.25, 0.3) is 0 Å². The Morgan fingerprint density at radius 3 is 2.33 bits per heavy atom. The molecule has 0 radical (unpaired) electrons. The third kappa shape index (κ3) is 3.36. The number of halogens is 2. The van der Waals surface area contributed by atoms with Gasteiger partial charge < -0.3 is 10.6 Å². The Kier molecular flexibility index (Phi) is 5.21. The van der Waals surface area contributed by atoms with Gasteiger partial charge in [0.1, 0.15) is 5.82 Å². The van der Waals surface area contributed by atoms with Gasteiger partial charge in [-0.1, -0.05) is 36.4 Å². The summed E-state index contributed by atoms with van der Waals surface area (Å²) in [6.07, 6.45) is 2.33. The molecule has 1 atom stereocenters. The highest BCUT2D eigenvalue weighted by atomic mass is 35.5. The first-order valence-corrected chi connectivity index (χ1v) is 7.10. The van der Waals surface area contributed by atoms with Crippen LogP contribution in [0.25, 0.3) is 0 Å². The van der Waals surface area contributed by atoms with Gasteiger partial charge in [0, 0.05) is 18.8 Å². The molecule has 1 aliphatic rings. The first-order chi connectivity index (χ1) is 9.75. The topological polar surface area (TPSA) is 29.3 Å². The lowest BCUT2D eigenvalue weighted by Gasteiger charge is -2.24. The molecule has 0 aromatic heterocycles. The van der Waals surface area contributed by atoms with Crippen molar-refractivity contribution in [3.8, 4) is 0 Å². The van der Waals surface area contributed by atoms with Crippen LogP contribution >= 0.6 is 12.4 Å². The third-order valence-electron chi connectivity index (χ3n) is 3.93. The molecule has 0 saturated carbocycles. The van der Waals surface area contributed by atoms with Gasteiger partial charge in [0.2, 0.25) is 0 Å². The average Bonchev–Trinajstić information content (AvgIpc) is 3.01. The smallest absolute Gasteiger partial charge is 0.125 e. The van der Waals surface area contributed by atoms with E-state index < -0.39 is 0 Å². The van der Waals surface area contributed by atoms with Crippen LogP contribution < -0.4 is 10.6 Å². The minimum Gasteiger partial charge on any atom is -0.371 e. The van der Waals surface area contributed by atoms with E-state index in [1.165, 1.54) is 6.07 Å². The SMILES string of the molecule is Cl.NC(c1ccccc1)c1ccc(F)cc1N1CCCC1. The molecule has 0 spiro atoms. The maximum atomic E-state index is 13.6. The van der Waals surface area contributed by atoms with Crippen molar-refractivity contribution < 1.29 is 4.39 Å². The molecule has 4 heteroatoms. The van der Waals surface area contributed by atoms with Crippen molar-refractivity contribution in [1.29, 1.82) is 0 Å². The van der Waals surface area contributed by atoms with Gasteiger partial charge in [-0.25, -0.2) is 4.39 Å². The Morgan fingerprint density at radius 2 is 1.67 bits per heavy atom. The molecule has 1 unspecified atom stereocenters. The van der Waals surface area contributed by atoms with E-state index in [4.69, 9.17) is 5.73 Å². The number of anilines is 1. The maximum absolute atomic E-state index is 13.6. The van der Waals surface area contributed by atoms with E-state index in [0.717, 1.165) is 42.7 Å². The van der Waals surface area contributed by atoms with Gasteiger partial charge in [-0.15, -0.1) is 12.4 Å². The summed E-state index contributed by atoms with van der Waals surface area (Å²) in [7, 11) is 0. The number of nitrogens with zero attached hydrogens (tertiary/aromatic N) is 1. The quantitative estimate of drug-likeness (QED) is 0.932. The Balaban J connectivity index is 0.00000161. The maximum Gasteiger partial charge on any atom is 0.125 e. The van der Waals surface area contributed by atoms with Crippen LogP contribution in [0.2, 0.25) is 0 Å². The summed E-state index contributed by atoms with van der Waals surface area (Å²) in [6.45, 7) is 1.97. The molecule has 2 nitrogen and oxygen atoms in total. The monoisotopic (exact) mass is 306 g/mol. The molecule has 2 aromatic rings. The van der Waals surface area contributed by atoms with Gasteiger partial charge in [-0.3, -0.25) is 0 Å². The molecule has 0 amide bonds. The van der Waals surface area contributed by atoms with Gasteiger partial charge in [0.15, 0.2) is 0 Å². The summed E-state index contributed by atoms with van der Waals surface area (Å²) in [5.41, 5.74) is 9.38. The normalized spacial score (nSPS) is 15.6. The van der Waals surface area contributed by atoms with Crippen molar-refractivity contribution in [3.05, 3.63) is 65.5 Å². The van der Waals surface area contributed by atoms with Crippen LogP contribution in [0.4, 0.5) is 10.1 Å². The molecule has 0 aliphatic carbocycles. The fourth-order valence-electron chi connectivity index (χ4n) is 2.85. The predicted molar refractivity (Wildman–Crippen MR) is 87.6 cm³/mol. The molecule has 112 valence electrons. The summed E-state index contributed by atoms with van der Waals surface area (Å²) in [5, 5.41) is 0. The predicted octanol–water partition coefficient (Wildman–Crippen LogP) is 3.90. The zero-order chi connectivity index (χ0) is 13.9. The summed E-state index contributed by atoms with van der Waals surface area (Å²) in [4.78, 5) is 2.24. The standard InChI is InChI=1S/C17H19FN2.ClH/c18-14-8-9-15(16(12-14)20-10-4-5-11-20)17(19)13-6-2-1-3-7-13;/h1-3,6-9,12,17H,4-5,10-11,19H2;1H. The molecule has 1 heterocycles. The minimum atomic E-state index is -0.215. The fraction of sp³-hybridized carbons (Fsp3) is 0.294. The number of hydrogen-bond donors (Lipinski definition) is 1. The van der Waals surface area contributed by atoms with E-state index in [1.54, 1.807) is 6.07 Å². The van der Waals surface area contributed by atoms with Crippen LogP contribution in [-0.4, -0.2) is 13.1 Å². The van der Waals surface area contributed by atoms with E-state index in [2.05, 4.69) is 4.90 Å². The highest BCUT2D eigenvalue weighted by molar-refractivity contribution is 5.85. The third-order valence-corrected chi connectivity index (χ3v) is 3.93. The lowest BCUT2D eigenvalue weighted by atomic mass is 9.97. The molecule has 21 heavy (non-hydrogen) atoms. The van der Waals surface area contributed by atoms with E-state index in [9.17, 15) is 4.39 Å². The van der Waals surface area contributed by atoms with Crippen molar-refractivity contribution in [2.24, 2.45) is 5.73 Å². The second-order valence-corrected chi connectivity index (χ2v) is 5.29. The molecule has 1 saturated heterocycles. The van der Waals surface area contributed by atoms with Crippen LogP contribution in [-0.2, 0) is 0 Å². The van der Waals surface area contributed by atoms with Crippen molar-refractivity contribution in [3.63, 3.8) is 0 Å². The van der Waals surface area contributed by atoms with Gasteiger partial charge in [0.05, 0.1) is 6.04 Å². The van der Waals surface area contributed by atoms with Crippen molar-refractivity contribution >= 4 is 18.1 Å². The Hall–Kier alpha value is -1.58. The number of nitrogens with two attached hydrogens (primary N) is 1. The molecule has 1 fully saturated rings. The summed E-state index contributed by atoms with van der Waals surface area (Å²) in [6, 6.07) is 14.7. The first kappa shape index (κ1) is 15.8. The number of benzene rings is 2. The van der Waals surface area contributed by atoms with Crippen LogP contribution in [0.15, 0.2) is 48.5 Å². The van der Waals surface area contributed by atoms with Crippen molar-refractivity contribution in [1.82, 2.24) is 0 Å². The minimum absolute atomic E-state index is 0. The average molecular weight is 307 g/mol. The second-order valence-electron chi connectivity index (χ2n) is 5.29. The lowest BCUT2D eigenvalue weighted by molar-refractivity contribution is 0.625. The van der Waals surface area contributed by atoms with Crippen LogP contribution in [0.5, 0.6) is 0 Å². The summed E-state index contributed by atoms with van der Waals surface area (Å²) < 4.78 is 13.6. The van der Waals surface area contributed by atoms with Crippen molar-refractivity contribution in [2.45, 2.75) is 18.9 Å². The van der Waals surface area contributed by atoms with Crippen molar-refractivity contribution in [2.75, 3.05) is 18.0 Å².